The van der Waals surface area contributed by atoms with E-state index < -0.39 is 60.9 Å². The summed E-state index contributed by atoms with van der Waals surface area (Å²) in [5, 5.41) is 7.31. The average molecular weight is 770 g/mol. The first-order valence-electron chi connectivity index (χ1n) is 17.7. The number of imide groups is 2. The quantitative estimate of drug-likeness (QED) is 0.133. The molecule has 2 aliphatic rings. The molecule has 14 nitrogen and oxygen atoms in total. The lowest BCUT2D eigenvalue weighted by atomic mass is 10.1. The number of ketones is 1. The summed E-state index contributed by atoms with van der Waals surface area (Å²) in [7, 11) is 0. The molecule has 1 aromatic heterocycles. The number of morpholine rings is 1. The van der Waals surface area contributed by atoms with Gasteiger partial charge >= 0.3 is 0 Å². The first-order valence-corrected chi connectivity index (χ1v) is 18.6. The number of nitrogens with one attached hydrogen (secondary N) is 2. The number of fused-ring (bicyclic) bond motifs is 1. The zero-order valence-electron chi connectivity index (χ0n) is 29.8. The lowest BCUT2D eigenvalue weighted by Gasteiger charge is -2.26. The SMILES string of the molecule is CCC(=O)NC(=O)CN1C(=O)c2cccc(OCC(=O)NCCCCCCCC(=O)COc3c(-c4csc(N5CCOCC5)n4)ccc(F)c3F)c2C1=O. The number of Topliss-reactive ketones (excluding diaryl/α,β-unsaturated/α-hetero) is 1. The van der Waals surface area contributed by atoms with Crippen LogP contribution in [-0.2, 0) is 23.9 Å². The maximum Gasteiger partial charge on any atom is 0.265 e. The van der Waals surface area contributed by atoms with E-state index in [9.17, 15) is 37.5 Å². The fourth-order valence-corrected chi connectivity index (χ4v) is 6.66. The molecule has 54 heavy (non-hydrogen) atoms. The maximum atomic E-state index is 14.8. The van der Waals surface area contributed by atoms with Crippen LogP contribution in [0.15, 0.2) is 35.7 Å². The van der Waals surface area contributed by atoms with Crippen LogP contribution in [0.25, 0.3) is 11.3 Å². The molecule has 0 saturated carbocycles. The Bertz CT molecular complexity index is 1880. The van der Waals surface area contributed by atoms with Gasteiger partial charge in [0, 0.05) is 43.4 Å². The van der Waals surface area contributed by atoms with E-state index in [2.05, 4.69) is 20.5 Å². The number of benzene rings is 2. The van der Waals surface area contributed by atoms with E-state index in [-0.39, 0.29) is 46.8 Å². The number of unbranched alkanes of at least 4 members (excludes halogenated alkanes) is 4. The van der Waals surface area contributed by atoms with Crippen LogP contribution >= 0.6 is 11.3 Å². The van der Waals surface area contributed by atoms with E-state index in [4.69, 9.17) is 14.2 Å². The number of rotatable bonds is 19. The molecule has 2 N–H and O–H groups in total. The Hall–Kier alpha value is -5.29. The van der Waals surface area contributed by atoms with Gasteiger partial charge in [-0.05, 0) is 37.1 Å². The third kappa shape index (κ3) is 10.2. The van der Waals surface area contributed by atoms with Gasteiger partial charge in [0.1, 0.15) is 18.9 Å². The van der Waals surface area contributed by atoms with Gasteiger partial charge in [-0.3, -0.25) is 39.0 Å². The number of hydrogen-bond donors (Lipinski definition) is 2. The fourth-order valence-electron chi connectivity index (χ4n) is 5.78. The Kier molecular flexibility index (Phi) is 14.2. The van der Waals surface area contributed by atoms with Gasteiger partial charge < -0.3 is 24.4 Å². The molecular weight excluding hydrogens is 728 g/mol. The van der Waals surface area contributed by atoms with Crippen molar-refractivity contribution in [3.8, 4) is 22.8 Å². The molecule has 0 atom stereocenters. The van der Waals surface area contributed by atoms with Crippen molar-refractivity contribution in [3.63, 3.8) is 0 Å². The normalized spacial score (nSPS) is 13.8. The smallest absolute Gasteiger partial charge is 0.265 e. The van der Waals surface area contributed by atoms with Crippen LogP contribution in [0.5, 0.6) is 11.5 Å². The number of anilines is 1. The largest absolute Gasteiger partial charge is 0.483 e. The summed E-state index contributed by atoms with van der Waals surface area (Å²) in [4.78, 5) is 81.6. The Morgan fingerprint density at radius 1 is 0.889 bits per heavy atom. The molecule has 0 radical (unpaired) electrons. The van der Waals surface area contributed by atoms with Gasteiger partial charge in [-0.15, -0.1) is 11.3 Å². The number of amides is 5. The molecule has 3 heterocycles. The van der Waals surface area contributed by atoms with Gasteiger partial charge in [-0.1, -0.05) is 32.3 Å². The third-order valence-corrected chi connectivity index (χ3v) is 9.55. The van der Waals surface area contributed by atoms with Crippen molar-refractivity contribution in [1.82, 2.24) is 20.5 Å². The van der Waals surface area contributed by atoms with Crippen molar-refractivity contribution in [1.29, 1.82) is 0 Å². The van der Waals surface area contributed by atoms with E-state index >= 15 is 0 Å². The number of halogens is 2. The number of nitrogens with zero attached hydrogens (tertiary/aromatic N) is 3. The summed E-state index contributed by atoms with van der Waals surface area (Å²) in [6.07, 6.45) is 3.83. The van der Waals surface area contributed by atoms with Crippen LogP contribution in [0, 0.1) is 11.6 Å². The minimum Gasteiger partial charge on any atom is -0.483 e. The second-order valence-corrected chi connectivity index (χ2v) is 13.4. The summed E-state index contributed by atoms with van der Waals surface area (Å²) in [6.45, 7) is 3.00. The van der Waals surface area contributed by atoms with Gasteiger partial charge in [0.05, 0.1) is 30.0 Å². The summed E-state index contributed by atoms with van der Waals surface area (Å²) >= 11 is 1.38. The van der Waals surface area contributed by atoms with E-state index in [1.807, 2.05) is 0 Å². The monoisotopic (exact) mass is 769 g/mol. The van der Waals surface area contributed by atoms with Gasteiger partial charge in [-0.25, -0.2) is 9.37 Å². The molecular formula is C37H41F2N5O9S. The number of hydrogen-bond acceptors (Lipinski definition) is 12. The van der Waals surface area contributed by atoms with Crippen LogP contribution < -0.4 is 25.0 Å². The lowest BCUT2D eigenvalue weighted by Crippen LogP contribution is -2.42. The highest BCUT2D eigenvalue weighted by Crippen LogP contribution is 2.36. The second kappa shape index (κ2) is 19.2. The highest BCUT2D eigenvalue weighted by Gasteiger charge is 2.39. The third-order valence-electron chi connectivity index (χ3n) is 8.65. The summed E-state index contributed by atoms with van der Waals surface area (Å²) < 4.78 is 45.4. The van der Waals surface area contributed by atoms with Crippen molar-refractivity contribution < 1.29 is 51.8 Å². The number of aromatic nitrogens is 1. The Labute approximate surface area is 314 Å². The van der Waals surface area contributed by atoms with Crippen LogP contribution in [0.1, 0.15) is 72.6 Å². The van der Waals surface area contributed by atoms with Crippen LogP contribution in [0.3, 0.4) is 0 Å². The molecule has 0 unspecified atom stereocenters. The predicted octanol–water partition coefficient (Wildman–Crippen LogP) is 4.06. The molecule has 5 amide bonds. The van der Waals surface area contributed by atoms with E-state index in [1.165, 1.54) is 35.6 Å². The molecule has 1 fully saturated rings. The van der Waals surface area contributed by atoms with Crippen molar-refractivity contribution in [2.45, 2.75) is 51.9 Å². The Morgan fingerprint density at radius 3 is 2.43 bits per heavy atom. The average Bonchev–Trinajstić information content (AvgIpc) is 3.76. The molecule has 1 saturated heterocycles. The minimum atomic E-state index is -1.17. The standard InChI is InChI=1S/C37H41F2N5O9S/c1-2-29(46)42-30(47)19-44-35(49)25-10-8-11-28(32(25)36(44)50)52-21-31(48)40-14-7-5-3-4-6-9-23(45)20-53-34-24(12-13-26(38)33(34)39)27-22-54-37(41-27)43-15-17-51-18-16-43/h8,10-13,22H,2-7,9,14-21H2,1H3,(H,40,48)(H,42,46,47). The number of carbonyl (C=O) groups is 6. The van der Waals surface area contributed by atoms with E-state index in [0.717, 1.165) is 35.4 Å². The van der Waals surface area contributed by atoms with Crippen molar-refractivity contribution >= 4 is 51.8 Å². The first kappa shape index (κ1) is 39.9. The zero-order chi connectivity index (χ0) is 38.6. The molecule has 17 heteroatoms. The van der Waals surface area contributed by atoms with Crippen molar-refractivity contribution in [2.24, 2.45) is 0 Å². The fraction of sp³-hybridized carbons (Fsp3) is 0.432. The number of thiazole rings is 1. The number of ether oxygens (including phenoxy) is 3. The van der Waals surface area contributed by atoms with Crippen LogP contribution in [-0.4, -0.2) is 97.8 Å². The van der Waals surface area contributed by atoms with E-state index in [1.54, 1.807) is 12.3 Å². The first-order chi connectivity index (χ1) is 26.1. The Morgan fingerprint density at radius 2 is 1.65 bits per heavy atom. The topological polar surface area (TPSA) is 174 Å². The highest BCUT2D eigenvalue weighted by molar-refractivity contribution is 7.14. The van der Waals surface area contributed by atoms with Crippen LogP contribution in [0.4, 0.5) is 13.9 Å². The van der Waals surface area contributed by atoms with Gasteiger partial charge in [-0.2, -0.15) is 4.39 Å². The molecule has 0 spiro atoms. The lowest BCUT2D eigenvalue weighted by molar-refractivity contribution is -0.130. The molecule has 288 valence electrons. The molecule has 3 aromatic rings. The summed E-state index contributed by atoms with van der Waals surface area (Å²) in [5.41, 5.74) is 0.665. The van der Waals surface area contributed by atoms with Crippen molar-refractivity contribution in [2.75, 3.05) is 57.5 Å². The summed E-state index contributed by atoms with van der Waals surface area (Å²) in [5.74, 6) is -6.07. The number of carbonyl (C=O) groups excluding carboxylic acids is 6. The molecule has 2 aliphatic heterocycles. The predicted molar refractivity (Wildman–Crippen MR) is 192 cm³/mol. The van der Waals surface area contributed by atoms with E-state index in [0.29, 0.717) is 51.4 Å². The van der Waals surface area contributed by atoms with Crippen LogP contribution in [0.2, 0.25) is 0 Å². The maximum absolute atomic E-state index is 14.8. The second-order valence-electron chi connectivity index (χ2n) is 12.5. The van der Waals surface area contributed by atoms with Crippen molar-refractivity contribution in [3.05, 3.63) is 58.5 Å². The molecule has 0 aliphatic carbocycles. The van der Waals surface area contributed by atoms with Gasteiger partial charge in [0.2, 0.25) is 17.6 Å². The Balaban J connectivity index is 0.971. The molecule has 5 rings (SSSR count). The zero-order valence-corrected chi connectivity index (χ0v) is 30.6. The molecule has 0 bridgehead atoms. The summed E-state index contributed by atoms with van der Waals surface area (Å²) in [6, 6.07) is 6.75. The highest BCUT2D eigenvalue weighted by atomic mass is 32.1. The van der Waals surface area contributed by atoms with Gasteiger partial charge in [0.25, 0.3) is 17.7 Å². The molecule has 2 aromatic carbocycles. The van der Waals surface area contributed by atoms with Gasteiger partial charge in [0.15, 0.2) is 29.1 Å². The minimum absolute atomic E-state index is 0.0209.